The highest BCUT2D eigenvalue weighted by atomic mass is 16.1. The van der Waals surface area contributed by atoms with Crippen molar-refractivity contribution in [2.24, 2.45) is 0 Å². The van der Waals surface area contributed by atoms with Gasteiger partial charge in [-0.2, -0.15) is 0 Å². The average Bonchev–Trinajstić information content (AvgIpc) is 3.11. The van der Waals surface area contributed by atoms with Crippen molar-refractivity contribution in [3.05, 3.63) is 71.0 Å². The Hall–Kier alpha value is -3.74. The van der Waals surface area contributed by atoms with Crippen LogP contribution in [0.1, 0.15) is 57.8 Å². The summed E-state index contributed by atoms with van der Waals surface area (Å²) in [5.41, 5.74) is 3.70. The molecule has 5 rings (SSSR count). The van der Waals surface area contributed by atoms with Crippen molar-refractivity contribution < 1.29 is 9.59 Å². The lowest BCUT2D eigenvalue weighted by Gasteiger charge is -2.30. The third-order valence-electron chi connectivity index (χ3n) is 6.69. The molecule has 34 heavy (non-hydrogen) atoms. The normalized spacial score (nSPS) is 18.7. The molecule has 1 amide bonds. The molecule has 2 aliphatic carbocycles. The van der Waals surface area contributed by atoms with E-state index >= 15 is 0 Å². The van der Waals surface area contributed by atoms with E-state index in [1.165, 1.54) is 0 Å². The minimum absolute atomic E-state index is 0.00999. The number of carbonyl (C=O) groups is 2. The molecule has 0 saturated heterocycles. The van der Waals surface area contributed by atoms with E-state index in [0.29, 0.717) is 22.7 Å². The number of carbonyl (C=O) groups excluding carboxylic acids is 2. The lowest BCUT2D eigenvalue weighted by molar-refractivity contribution is 0.0926. The Labute approximate surface area is 199 Å². The summed E-state index contributed by atoms with van der Waals surface area (Å²) in [6.07, 6.45) is 3.68. The standard InChI is InChI=1S/C27H29N5O2/c1-16-28-24(15-25(29-16)32(2)3)30-18-9-11-19(12-10-18)31-27(34)17-8-13-21-20-6-4-5-7-22(20)26(33)23(21)14-17/h4-8,13-15,18-19H,9-12H2,1-3H3,(H,31,34)(H,28,29,30). The predicted octanol–water partition coefficient (Wildman–Crippen LogP) is 4.22. The highest BCUT2D eigenvalue weighted by Crippen LogP contribution is 2.36. The number of aryl methyl sites for hydroxylation is 1. The Balaban J connectivity index is 1.19. The van der Waals surface area contributed by atoms with Gasteiger partial charge in [0.15, 0.2) is 5.78 Å². The Kier molecular flexibility index (Phi) is 5.77. The van der Waals surface area contributed by atoms with Crippen LogP contribution < -0.4 is 15.5 Å². The van der Waals surface area contributed by atoms with Crippen molar-refractivity contribution in [2.45, 2.75) is 44.7 Å². The van der Waals surface area contributed by atoms with Gasteiger partial charge in [0, 0.05) is 48.9 Å². The minimum Gasteiger partial charge on any atom is -0.367 e. The molecule has 0 atom stereocenters. The Morgan fingerprint density at radius 1 is 0.882 bits per heavy atom. The quantitative estimate of drug-likeness (QED) is 0.469. The van der Waals surface area contributed by atoms with Crippen LogP contribution in [0.2, 0.25) is 0 Å². The molecule has 1 saturated carbocycles. The first-order valence-corrected chi connectivity index (χ1v) is 11.8. The van der Waals surface area contributed by atoms with E-state index in [0.717, 1.165) is 54.3 Å². The summed E-state index contributed by atoms with van der Waals surface area (Å²) in [5, 5.41) is 6.71. The number of benzene rings is 2. The lowest BCUT2D eigenvalue weighted by atomic mass is 9.91. The van der Waals surface area contributed by atoms with Crippen LogP contribution in [-0.2, 0) is 0 Å². The average molecular weight is 456 g/mol. The molecule has 0 unspecified atom stereocenters. The highest BCUT2D eigenvalue weighted by Gasteiger charge is 2.28. The Bertz CT molecular complexity index is 1260. The first-order valence-electron chi connectivity index (χ1n) is 11.8. The molecule has 1 fully saturated rings. The van der Waals surface area contributed by atoms with Gasteiger partial charge in [0.25, 0.3) is 5.91 Å². The van der Waals surface area contributed by atoms with E-state index in [9.17, 15) is 9.59 Å². The number of nitrogens with zero attached hydrogens (tertiary/aromatic N) is 3. The van der Waals surface area contributed by atoms with Gasteiger partial charge in [0.05, 0.1) is 0 Å². The van der Waals surface area contributed by atoms with Crippen molar-refractivity contribution in [2.75, 3.05) is 24.3 Å². The molecule has 0 bridgehead atoms. The molecule has 7 nitrogen and oxygen atoms in total. The SMILES string of the molecule is Cc1nc(NC2CCC(NC(=O)c3ccc4c(c3)C(=O)c3ccccc3-4)CC2)cc(N(C)C)n1. The van der Waals surface area contributed by atoms with Crippen LogP contribution >= 0.6 is 0 Å². The first-order chi connectivity index (χ1) is 16.4. The van der Waals surface area contributed by atoms with Gasteiger partial charge < -0.3 is 15.5 Å². The van der Waals surface area contributed by atoms with E-state index < -0.39 is 0 Å². The van der Waals surface area contributed by atoms with Crippen molar-refractivity contribution in [1.29, 1.82) is 0 Å². The number of fused-ring (bicyclic) bond motifs is 3. The van der Waals surface area contributed by atoms with E-state index in [1.807, 2.05) is 68.4 Å². The first kappa shape index (κ1) is 22.1. The van der Waals surface area contributed by atoms with E-state index in [2.05, 4.69) is 20.6 Å². The number of hydrogen-bond donors (Lipinski definition) is 2. The third-order valence-corrected chi connectivity index (χ3v) is 6.69. The molecule has 2 aromatic carbocycles. The number of amides is 1. The second kappa shape index (κ2) is 8.89. The molecule has 0 aliphatic heterocycles. The van der Waals surface area contributed by atoms with Gasteiger partial charge in [-0.15, -0.1) is 0 Å². The number of ketones is 1. The van der Waals surface area contributed by atoms with Crippen LogP contribution in [0.3, 0.4) is 0 Å². The van der Waals surface area contributed by atoms with Crippen molar-refractivity contribution in [3.63, 3.8) is 0 Å². The largest absolute Gasteiger partial charge is 0.367 e. The number of hydrogen-bond acceptors (Lipinski definition) is 6. The summed E-state index contributed by atoms with van der Waals surface area (Å²) in [7, 11) is 3.93. The maximum absolute atomic E-state index is 12.9. The van der Waals surface area contributed by atoms with E-state index in [-0.39, 0.29) is 17.7 Å². The van der Waals surface area contributed by atoms with Crippen LogP contribution in [0.5, 0.6) is 0 Å². The van der Waals surface area contributed by atoms with Gasteiger partial charge in [0.1, 0.15) is 17.5 Å². The van der Waals surface area contributed by atoms with Crippen LogP contribution in [0.15, 0.2) is 48.5 Å². The number of aromatic nitrogens is 2. The Morgan fingerprint density at radius 2 is 1.56 bits per heavy atom. The lowest BCUT2D eigenvalue weighted by Crippen LogP contribution is -2.40. The van der Waals surface area contributed by atoms with Crippen LogP contribution in [0.4, 0.5) is 11.6 Å². The highest BCUT2D eigenvalue weighted by molar-refractivity contribution is 6.22. The molecule has 3 aromatic rings. The fraction of sp³-hybridized carbons (Fsp3) is 0.333. The molecular weight excluding hydrogens is 426 g/mol. The fourth-order valence-electron chi connectivity index (χ4n) is 4.88. The van der Waals surface area contributed by atoms with Crippen LogP contribution in [-0.4, -0.2) is 47.8 Å². The molecule has 2 aliphatic rings. The summed E-state index contributed by atoms with van der Waals surface area (Å²) >= 11 is 0. The van der Waals surface area contributed by atoms with Gasteiger partial charge in [-0.3, -0.25) is 9.59 Å². The third kappa shape index (κ3) is 4.25. The van der Waals surface area contributed by atoms with Crippen molar-refractivity contribution in [3.8, 4) is 11.1 Å². The van der Waals surface area contributed by atoms with Gasteiger partial charge in [0.2, 0.25) is 0 Å². The number of nitrogens with one attached hydrogen (secondary N) is 2. The molecule has 7 heteroatoms. The zero-order valence-corrected chi connectivity index (χ0v) is 19.8. The second-order valence-electron chi connectivity index (χ2n) is 9.35. The summed E-state index contributed by atoms with van der Waals surface area (Å²) in [6.45, 7) is 1.90. The predicted molar refractivity (Wildman–Crippen MR) is 134 cm³/mol. The number of anilines is 2. The monoisotopic (exact) mass is 455 g/mol. The molecule has 1 aromatic heterocycles. The number of rotatable bonds is 5. The molecule has 2 N–H and O–H groups in total. The maximum atomic E-state index is 12.9. The van der Waals surface area contributed by atoms with Gasteiger partial charge >= 0.3 is 0 Å². The molecule has 1 heterocycles. The van der Waals surface area contributed by atoms with E-state index in [4.69, 9.17) is 0 Å². The fourth-order valence-corrected chi connectivity index (χ4v) is 4.88. The van der Waals surface area contributed by atoms with Crippen LogP contribution in [0.25, 0.3) is 11.1 Å². The van der Waals surface area contributed by atoms with Crippen molar-refractivity contribution >= 4 is 23.3 Å². The summed E-state index contributed by atoms with van der Waals surface area (Å²) < 4.78 is 0. The second-order valence-corrected chi connectivity index (χ2v) is 9.35. The van der Waals surface area contributed by atoms with Gasteiger partial charge in [-0.1, -0.05) is 30.3 Å². The molecule has 0 radical (unpaired) electrons. The van der Waals surface area contributed by atoms with Crippen LogP contribution in [0, 0.1) is 6.92 Å². The zero-order valence-electron chi connectivity index (χ0n) is 19.8. The van der Waals surface area contributed by atoms with Gasteiger partial charge in [-0.05, 0) is 55.9 Å². The summed E-state index contributed by atoms with van der Waals surface area (Å²) in [4.78, 5) is 36.6. The summed E-state index contributed by atoms with van der Waals surface area (Å²) in [6, 6.07) is 15.4. The Morgan fingerprint density at radius 3 is 2.29 bits per heavy atom. The van der Waals surface area contributed by atoms with Gasteiger partial charge in [-0.25, -0.2) is 9.97 Å². The molecule has 174 valence electrons. The molecular formula is C27H29N5O2. The maximum Gasteiger partial charge on any atom is 0.251 e. The topological polar surface area (TPSA) is 87.2 Å². The zero-order chi connectivity index (χ0) is 23.8. The summed E-state index contributed by atoms with van der Waals surface area (Å²) in [5.74, 6) is 2.33. The molecule has 0 spiro atoms. The van der Waals surface area contributed by atoms with E-state index in [1.54, 1.807) is 6.07 Å². The minimum atomic E-state index is -0.120. The van der Waals surface area contributed by atoms with Crippen molar-refractivity contribution in [1.82, 2.24) is 15.3 Å². The smallest absolute Gasteiger partial charge is 0.251 e.